The average Bonchev–Trinajstić information content (AvgIpc) is 2.73. The summed E-state index contributed by atoms with van der Waals surface area (Å²) in [5, 5.41) is 1.96. The lowest BCUT2D eigenvalue weighted by molar-refractivity contribution is -0.0258. The first-order chi connectivity index (χ1) is 13.8. The monoisotopic (exact) mass is 432 g/mol. The van der Waals surface area contributed by atoms with Gasteiger partial charge in [-0.15, -0.1) is 0 Å². The standard InChI is InChI=1S/C21H21ClN2O4S/c1-4-24(19-11-7-9-15-8-5-6-10-17(15)19)21(25)16-12-13-18(22)20(14-16)29(26,27)23(2)28-3/h5-14H,4H2,1-3H3. The highest BCUT2D eigenvalue weighted by atomic mass is 35.5. The van der Waals surface area contributed by atoms with Crippen molar-refractivity contribution in [1.82, 2.24) is 4.47 Å². The summed E-state index contributed by atoms with van der Waals surface area (Å²) >= 11 is 6.11. The van der Waals surface area contributed by atoms with Crippen LogP contribution in [0.25, 0.3) is 10.8 Å². The lowest BCUT2D eigenvalue weighted by atomic mass is 10.1. The molecule has 0 heterocycles. The molecule has 0 radical (unpaired) electrons. The summed E-state index contributed by atoms with van der Waals surface area (Å²) in [6.07, 6.45) is 0. The van der Waals surface area contributed by atoms with Crippen molar-refractivity contribution >= 4 is 44.0 Å². The molecule has 0 aromatic heterocycles. The van der Waals surface area contributed by atoms with E-state index in [1.54, 1.807) is 4.90 Å². The highest BCUT2D eigenvalue weighted by molar-refractivity contribution is 7.89. The Morgan fingerprint density at radius 1 is 1.07 bits per heavy atom. The predicted molar refractivity (Wildman–Crippen MR) is 115 cm³/mol. The molecule has 6 nitrogen and oxygen atoms in total. The molecule has 0 fully saturated rings. The number of hydrogen-bond acceptors (Lipinski definition) is 4. The number of sulfonamides is 1. The molecule has 0 aliphatic carbocycles. The minimum absolute atomic E-state index is 0.0126. The molecule has 152 valence electrons. The lowest BCUT2D eigenvalue weighted by Gasteiger charge is -2.23. The van der Waals surface area contributed by atoms with Crippen molar-refractivity contribution in [3.05, 3.63) is 71.2 Å². The second-order valence-corrected chi connectivity index (χ2v) is 8.60. The fourth-order valence-corrected chi connectivity index (χ4v) is 4.57. The van der Waals surface area contributed by atoms with Gasteiger partial charge in [-0.2, -0.15) is 0 Å². The third kappa shape index (κ3) is 4.00. The number of halogens is 1. The molecule has 0 spiro atoms. The molecular formula is C21H21ClN2O4S. The maximum Gasteiger partial charge on any atom is 0.266 e. The number of rotatable bonds is 6. The highest BCUT2D eigenvalue weighted by Gasteiger charge is 2.26. The van der Waals surface area contributed by atoms with E-state index in [0.717, 1.165) is 16.5 Å². The summed E-state index contributed by atoms with van der Waals surface area (Å²) in [6.45, 7) is 2.28. The van der Waals surface area contributed by atoms with E-state index in [9.17, 15) is 13.2 Å². The Balaban J connectivity index is 2.08. The molecule has 3 aromatic carbocycles. The van der Waals surface area contributed by atoms with E-state index >= 15 is 0 Å². The summed E-state index contributed by atoms with van der Waals surface area (Å²) < 4.78 is 26.0. The van der Waals surface area contributed by atoms with Crippen molar-refractivity contribution in [1.29, 1.82) is 0 Å². The lowest BCUT2D eigenvalue weighted by Crippen LogP contribution is -2.31. The third-order valence-electron chi connectivity index (χ3n) is 4.67. The summed E-state index contributed by atoms with van der Waals surface area (Å²) in [5.41, 5.74) is 0.969. The van der Waals surface area contributed by atoms with Gasteiger partial charge >= 0.3 is 0 Å². The van der Waals surface area contributed by atoms with Crippen LogP contribution in [0, 0.1) is 0 Å². The van der Waals surface area contributed by atoms with E-state index < -0.39 is 10.0 Å². The van der Waals surface area contributed by atoms with E-state index in [1.165, 1.54) is 32.4 Å². The van der Waals surface area contributed by atoms with Crippen molar-refractivity contribution in [2.75, 3.05) is 25.6 Å². The van der Waals surface area contributed by atoms with Crippen molar-refractivity contribution in [2.45, 2.75) is 11.8 Å². The van der Waals surface area contributed by atoms with Crippen molar-refractivity contribution < 1.29 is 18.0 Å². The fraction of sp³-hybridized carbons (Fsp3) is 0.190. The SMILES string of the molecule is CCN(C(=O)c1ccc(Cl)c(S(=O)(=O)N(C)OC)c1)c1cccc2ccccc12. The van der Waals surface area contributed by atoms with Crippen LogP contribution in [0.5, 0.6) is 0 Å². The second-order valence-electron chi connectivity index (χ2n) is 6.29. The maximum atomic E-state index is 13.3. The number of hydroxylamine groups is 1. The predicted octanol–water partition coefficient (Wildman–Crippen LogP) is 4.34. The van der Waals surface area contributed by atoms with Crippen LogP contribution < -0.4 is 4.90 Å². The molecule has 8 heteroatoms. The fourth-order valence-electron chi connectivity index (χ4n) is 3.09. The van der Waals surface area contributed by atoms with Crippen LogP contribution in [0.3, 0.4) is 0 Å². The van der Waals surface area contributed by atoms with Gasteiger partial charge in [0.05, 0.1) is 17.8 Å². The van der Waals surface area contributed by atoms with Gasteiger partial charge in [0.15, 0.2) is 0 Å². The summed E-state index contributed by atoms with van der Waals surface area (Å²) in [4.78, 5) is 19.5. The van der Waals surface area contributed by atoms with Gasteiger partial charge in [-0.3, -0.25) is 9.63 Å². The number of nitrogens with zero attached hydrogens (tertiary/aromatic N) is 2. The molecule has 0 N–H and O–H groups in total. The van der Waals surface area contributed by atoms with Crippen LogP contribution in [0.2, 0.25) is 5.02 Å². The molecule has 0 aliphatic rings. The molecule has 3 rings (SSSR count). The normalized spacial score (nSPS) is 11.8. The maximum absolute atomic E-state index is 13.3. The first-order valence-corrected chi connectivity index (χ1v) is 10.7. The van der Waals surface area contributed by atoms with Gasteiger partial charge < -0.3 is 4.90 Å². The van der Waals surface area contributed by atoms with Gasteiger partial charge in [-0.05, 0) is 36.6 Å². The average molecular weight is 433 g/mol. The van der Waals surface area contributed by atoms with E-state index in [1.807, 2.05) is 49.4 Å². The minimum Gasteiger partial charge on any atom is -0.308 e. The number of benzene rings is 3. The Morgan fingerprint density at radius 2 is 1.76 bits per heavy atom. The van der Waals surface area contributed by atoms with Gasteiger partial charge in [-0.25, -0.2) is 8.42 Å². The highest BCUT2D eigenvalue weighted by Crippen LogP contribution is 2.30. The van der Waals surface area contributed by atoms with Gasteiger partial charge in [0.2, 0.25) is 0 Å². The largest absolute Gasteiger partial charge is 0.308 e. The third-order valence-corrected chi connectivity index (χ3v) is 6.83. The number of fused-ring (bicyclic) bond motifs is 1. The van der Waals surface area contributed by atoms with E-state index in [-0.39, 0.29) is 21.4 Å². The second kappa shape index (κ2) is 8.51. The Labute approximate surface area is 175 Å². The smallest absolute Gasteiger partial charge is 0.266 e. The first kappa shape index (κ1) is 21.3. The Morgan fingerprint density at radius 3 is 2.45 bits per heavy atom. The van der Waals surface area contributed by atoms with Gasteiger partial charge in [0, 0.05) is 24.5 Å². The first-order valence-electron chi connectivity index (χ1n) is 8.93. The molecule has 29 heavy (non-hydrogen) atoms. The van der Waals surface area contributed by atoms with Crippen LogP contribution in [0.15, 0.2) is 65.6 Å². The quantitative estimate of drug-likeness (QED) is 0.543. The molecular weight excluding hydrogens is 412 g/mol. The minimum atomic E-state index is -4.00. The zero-order valence-corrected chi connectivity index (χ0v) is 17.9. The number of anilines is 1. The van der Waals surface area contributed by atoms with Crippen molar-refractivity contribution in [3.63, 3.8) is 0 Å². The van der Waals surface area contributed by atoms with Gasteiger partial charge in [0.1, 0.15) is 4.90 Å². The number of amides is 1. The number of carbonyl (C=O) groups is 1. The zero-order chi connectivity index (χ0) is 21.2. The van der Waals surface area contributed by atoms with Gasteiger partial charge in [-0.1, -0.05) is 52.5 Å². The van der Waals surface area contributed by atoms with Crippen molar-refractivity contribution in [3.8, 4) is 0 Å². The molecule has 0 saturated heterocycles. The summed E-state index contributed by atoms with van der Waals surface area (Å²) in [7, 11) is -1.50. The topological polar surface area (TPSA) is 66.9 Å². The molecule has 0 saturated carbocycles. The molecule has 0 aliphatic heterocycles. The van der Waals surface area contributed by atoms with Crippen LogP contribution >= 0.6 is 11.6 Å². The molecule has 0 atom stereocenters. The Bertz CT molecular complexity index is 1160. The molecule has 3 aromatic rings. The molecule has 1 amide bonds. The van der Waals surface area contributed by atoms with Crippen LogP contribution in [0.1, 0.15) is 17.3 Å². The van der Waals surface area contributed by atoms with E-state index in [4.69, 9.17) is 16.4 Å². The molecule has 0 unspecified atom stereocenters. The van der Waals surface area contributed by atoms with E-state index in [2.05, 4.69) is 0 Å². The van der Waals surface area contributed by atoms with Crippen LogP contribution in [0.4, 0.5) is 5.69 Å². The Hall–Kier alpha value is -2.45. The molecule has 0 bridgehead atoms. The van der Waals surface area contributed by atoms with E-state index in [0.29, 0.717) is 11.0 Å². The van der Waals surface area contributed by atoms with Crippen LogP contribution in [-0.4, -0.2) is 39.5 Å². The summed E-state index contributed by atoms with van der Waals surface area (Å²) in [6, 6.07) is 17.7. The van der Waals surface area contributed by atoms with Crippen molar-refractivity contribution in [2.24, 2.45) is 0 Å². The van der Waals surface area contributed by atoms with Crippen LogP contribution in [-0.2, 0) is 14.9 Å². The van der Waals surface area contributed by atoms with Gasteiger partial charge in [0.25, 0.3) is 15.9 Å². The number of hydrogen-bond donors (Lipinski definition) is 0. The number of carbonyl (C=O) groups excluding carboxylic acids is 1. The zero-order valence-electron chi connectivity index (χ0n) is 16.3. The Kier molecular flexibility index (Phi) is 6.24. The summed E-state index contributed by atoms with van der Waals surface area (Å²) in [5.74, 6) is -0.322.